The van der Waals surface area contributed by atoms with Crippen molar-refractivity contribution in [3.8, 4) is 5.75 Å². The van der Waals surface area contributed by atoms with Crippen molar-refractivity contribution in [2.24, 2.45) is 0 Å². The number of H-pyrrole nitrogens is 1. The maximum absolute atomic E-state index is 12.8. The molecule has 0 unspecified atom stereocenters. The smallest absolute Gasteiger partial charge is 0.253 e. The van der Waals surface area contributed by atoms with E-state index in [1.165, 1.54) is 0 Å². The molecule has 4 aromatic rings. The second kappa shape index (κ2) is 6.92. The summed E-state index contributed by atoms with van der Waals surface area (Å²) in [5.74, 6) is 0.828. The predicted molar refractivity (Wildman–Crippen MR) is 105 cm³/mol. The first-order valence-corrected chi connectivity index (χ1v) is 9.38. The number of hydrogen-bond donors (Lipinski definition) is 1. The van der Waals surface area contributed by atoms with Gasteiger partial charge in [-0.05, 0) is 30.3 Å². The number of fused-ring (bicyclic) bond motifs is 2. The van der Waals surface area contributed by atoms with Crippen LogP contribution in [0.3, 0.4) is 0 Å². The molecule has 0 spiro atoms. The van der Waals surface area contributed by atoms with Gasteiger partial charge in [0.15, 0.2) is 0 Å². The Bertz CT molecular complexity index is 1140. The van der Waals surface area contributed by atoms with E-state index in [0.717, 1.165) is 35.0 Å². The summed E-state index contributed by atoms with van der Waals surface area (Å²) in [7, 11) is 0. The molecule has 140 valence electrons. The number of piperidine rings is 1. The summed E-state index contributed by atoms with van der Waals surface area (Å²) >= 11 is 0. The predicted octanol–water partition coefficient (Wildman–Crippen LogP) is 3.19. The van der Waals surface area contributed by atoms with Gasteiger partial charge in [0.05, 0.1) is 0 Å². The summed E-state index contributed by atoms with van der Waals surface area (Å²) in [6.07, 6.45) is 3.44. The number of nitrogens with one attached hydrogen (secondary N) is 1. The number of carbonyl (C=O) groups is 1. The average molecular weight is 373 g/mol. The van der Waals surface area contributed by atoms with Gasteiger partial charge in [-0.2, -0.15) is 15.4 Å². The van der Waals surface area contributed by atoms with Crippen LogP contribution in [-0.2, 0) is 0 Å². The highest BCUT2D eigenvalue weighted by Gasteiger charge is 2.25. The zero-order valence-corrected chi connectivity index (χ0v) is 15.2. The first-order chi connectivity index (χ1) is 13.8. The van der Waals surface area contributed by atoms with Gasteiger partial charge in [-0.25, -0.2) is 0 Å². The van der Waals surface area contributed by atoms with Gasteiger partial charge in [0.2, 0.25) is 0 Å². The third kappa shape index (κ3) is 3.05. The molecule has 7 nitrogen and oxygen atoms in total. The highest BCUT2D eigenvalue weighted by molar-refractivity contribution is 5.97. The van der Waals surface area contributed by atoms with Gasteiger partial charge in [-0.1, -0.05) is 18.2 Å². The summed E-state index contributed by atoms with van der Waals surface area (Å²) in [4.78, 5) is 19.1. The lowest BCUT2D eigenvalue weighted by atomic mass is 10.1. The summed E-state index contributed by atoms with van der Waals surface area (Å²) in [6.45, 7) is 1.33. The molecule has 0 aliphatic carbocycles. The van der Waals surface area contributed by atoms with Crippen LogP contribution in [0.25, 0.3) is 21.9 Å². The number of rotatable bonds is 3. The van der Waals surface area contributed by atoms with E-state index in [0.29, 0.717) is 24.2 Å². The van der Waals surface area contributed by atoms with Crippen molar-refractivity contribution in [2.45, 2.75) is 18.9 Å². The molecule has 1 N–H and O–H groups in total. The molecular weight excluding hydrogens is 354 g/mol. The summed E-state index contributed by atoms with van der Waals surface area (Å²) < 4.78 is 6.23. The maximum Gasteiger partial charge on any atom is 0.253 e. The highest BCUT2D eigenvalue weighted by Crippen LogP contribution is 2.27. The molecule has 0 radical (unpaired) electrons. The van der Waals surface area contributed by atoms with Crippen LogP contribution in [0.2, 0.25) is 0 Å². The number of carbonyl (C=O) groups excluding carboxylic acids is 1. The van der Waals surface area contributed by atoms with Crippen LogP contribution in [-0.4, -0.2) is 50.4 Å². The zero-order chi connectivity index (χ0) is 18.9. The van der Waals surface area contributed by atoms with Gasteiger partial charge in [0, 0.05) is 43.1 Å². The van der Waals surface area contributed by atoms with Crippen molar-refractivity contribution < 1.29 is 9.53 Å². The molecule has 0 bridgehead atoms. The van der Waals surface area contributed by atoms with Crippen LogP contribution in [0.1, 0.15) is 23.2 Å². The van der Waals surface area contributed by atoms with E-state index in [2.05, 4.69) is 20.4 Å². The maximum atomic E-state index is 12.8. The fraction of sp³-hybridized carbons (Fsp3) is 0.238. The van der Waals surface area contributed by atoms with Crippen molar-refractivity contribution in [2.75, 3.05) is 13.1 Å². The van der Waals surface area contributed by atoms with E-state index in [4.69, 9.17) is 4.74 Å². The molecular formula is C21H19N5O2. The van der Waals surface area contributed by atoms with Crippen LogP contribution in [0.5, 0.6) is 5.75 Å². The first-order valence-electron chi connectivity index (χ1n) is 9.38. The lowest BCUT2D eigenvalue weighted by Gasteiger charge is -2.32. The molecule has 7 heteroatoms. The molecule has 2 aromatic heterocycles. The minimum absolute atomic E-state index is 0.0233. The first kappa shape index (κ1) is 16.7. The molecule has 1 fully saturated rings. The Morgan fingerprint density at radius 3 is 2.75 bits per heavy atom. The number of hydrogen-bond acceptors (Lipinski definition) is 5. The molecule has 3 heterocycles. The Labute approximate surface area is 161 Å². The molecule has 2 aromatic carbocycles. The minimum atomic E-state index is 0.0233. The van der Waals surface area contributed by atoms with Crippen molar-refractivity contribution >= 4 is 27.8 Å². The van der Waals surface area contributed by atoms with Crippen LogP contribution < -0.4 is 4.74 Å². The van der Waals surface area contributed by atoms with E-state index in [9.17, 15) is 4.79 Å². The van der Waals surface area contributed by atoms with E-state index >= 15 is 0 Å². The van der Waals surface area contributed by atoms with Crippen LogP contribution in [0, 0.1) is 0 Å². The summed E-state index contributed by atoms with van der Waals surface area (Å²) in [6, 6.07) is 15.3. The molecule has 1 aliphatic heterocycles. The fourth-order valence-corrected chi connectivity index (χ4v) is 3.68. The fourth-order valence-electron chi connectivity index (χ4n) is 3.68. The molecule has 1 aliphatic rings. The Balaban J connectivity index is 1.26. The van der Waals surface area contributed by atoms with E-state index in [-0.39, 0.29) is 12.0 Å². The van der Waals surface area contributed by atoms with E-state index < -0.39 is 0 Å². The molecule has 5 rings (SSSR count). The van der Waals surface area contributed by atoms with Crippen LogP contribution >= 0.6 is 0 Å². The number of benzene rings is 2. The Hall–Kier alpha value is -3.48. The molecule has 1 saturated heterocycles. The Kier molecular flexibility index (Phi) is 4.12. The monoisotopic (exact) mass is 373 g/mol. The number of nitrogens with zero attached hydrogens (tertiary/aromatic N) is 4. The average Bonchev–Trinajstić information content (AvgIpc) is 3.22. The van der Waals surface area contributed by atoms with Gasteiger partial charge >= 0.3 is 0 Å². The summed E-state index contributed by atoms with van der Waals surface area (Å²) in [5.41, 5.74) is 2.98. The largest absolute Gasteiger partial charge is 0.488 e. The zero-order valence-electron chi connectivity index (χ0n) is 15.2. The molecule has 0 saturated carbocycles. The van der Waals surface area contributed by atoms with E-state index in [1.54, 1.807) is 18.3 Å². The third-order valence-corrected chi connectivity index (χ3v) is 5.18. The van der Waals surface area contributed by atoms with E-state index in [1.807, 2.05) is 41.3 Å². The number of pyridine rings is 1. The lowest BCUT2D eigenvalue weighted by Crippen LogP contribution is -2.41. The lowest BCUT2D eigenvalue weighted by molar-refractivity contribution is 0.0598. The third-order valence-electron chi connectivity index (χ3n) is 5.18. The van der Waals surface area contributed by atoms with Crippen LogP contribution in [0.4, 0.5) is 0 Å². The number of likely N-dealkylation sites (tertiary alicyclic amines) is 1. The van der Waals surface area contributed by atoms with Gasteiger partial charge in [-0.15, -0.1) is 0 Å². The van der Waals surface area contributed by atoms with Gasteiger partial charge < -0.3 is 9.64 Å². The second-order valence-corrected chi connectivity index (χ2v) is 6.97. The SMILES string of the molecule is O=C(c1ccc2n[nH]nc2c1)N1CCC(Oc2cccc3cccnc23)CC1. The van der Waals surface area contributed by atoms with Crippen molar-refractivity contribution in [1.29, 1.82) is 0 Å². The number of para-hydroxylation sites is 1. The van der Waals surface area contributed by atoms with Gasteiger partial charge in [-0.3, -0.25) is 9.78 Å². The van der Waals surface area contributed by atoms with Gasteiger partial charge in [0.1, 0.15) is 28.4 Å². The molecule has 28 heavy (non-hydrogen) atoms. The second-order valence-electron chi connectivity index (χ2n) is 6.97. The van der Waals surface area contributed by atoms with Crippen LogP contribution in [0.15, 0.2) is 54.7 Å². The standard InChI is InChI=1S/C21H19N5O2/c27-21(15-6-7-17-18(13-15)24-25-23-17)26-11-8-16(9-12-26)28-19-5-1-3-14-4-2-10-22-20(14)19/h1-7,10,13,16H,8-9,11-12H2,(H,23,24,25). The topological polar surface area (TPSA) is 84.0 Å². The quantitative estimate of drug-likeness (QED) is 0.596. The molecule has 0 atom stereocenters. The normalized spacial score (nSPS) is 15.2. The molecule has 1 amide bonds. The number of aromatic amines is 1. The summed E-state index contributed by atoms with van der Waals surface area (Å²) in [5, 5.41) is 11.7. The van der Waals surface area contributed by atoms with Crippen molar-refractivity contribution in [3.05, 3.63) is 60.3 Å². The number of aromatic nitrogens is 4. The minimum Gasteiger partial charge on any atom is -0.488 e. The Morgan fingerprint density at radius 1 is 1.04 bits per heavy atom. The highest BCUT2D eigenvalue weighted by atomic mass is 16.5. The van der Waals surface area contributed by atoms with Crippen molar-refractivity contribution in [3.63, 3.8) is 0 Å². The Morgan fingerprint density at radius 2 is 1.86 bits per heavy atom. The number of amides is 1. The van der Waals surface area contributed by atoms with Gasteiger partial charge in [0.25, 0.3) is 5.91 Å². The number of ether oxygens (including phenoxy) is 1. The van der Waals surface area contributed by atoms with Crippen molar-refractivity contribution in [1.82, 2.24) is 25.3 Å².